The molecule has 0 saturated carbocycles. The molecule has 33 heavy (non-hydrogen) atoms. The first-order valence-corrected chi connectivity index (χ1v) is 11.2. The molecule has 0 aliphatic carbocycles. The number of carboxylic acid groups (broad SMARTS) is 1. The molecule has 0 radical (unpaired) electrons. The zero-order valence-electron chi connectivity index (χ0n) is 18.8. The van der Waals surface area contributed by atoms with Crippen molar-refractivity contribution in [3.8, 4) is 0 Å². The Morgan fingerprint density at radius 2 is 1.67 bits per heavy atom. The topological polar surface area (TPSA) is 119 Å². The predicted octanol–water partition coefficient (Wildman–Crippen LogP) is 2.20. The fourth-order valence-corrected chi connectivity index (χ4v) is 3.75. The maximum atomic E-state index is 12.4. The van der Waals surface area contributed by atoms with Crippen molar-refractivity contribution in [1.29, 1.82) is 0 Å². The van der Waals surface area contributed by atoms with E-state index in [-0.39, 0.29) is 25.0 Å². The van der Waals surface area contributed by atoms with Gasteiger partial charge in [-0.15, -0.1) is 0 Å². The SMILES string of the molecule is O=C(Cc1ccc(CC2CCN(C(=O)NCc3ccccc3)C2)cc1)NCCCO.O=CO. The normalized spacial score (nSPS) is 14.7. The highest BCUT2D eigenvalue weighted by Gasteiger charge is 2.26. The molecule has 1 fully saturated rings. The maximum absolute atomic E-state index is 12.4. The summed E-state index contributed by atoms with van der Waals surface area (Å²) in [5.74, 6) is 0.434. The van der Waals surface area contributed by atoms with E-state index in [0.29, 0.717) is 31.8 Å². The van der Waals surface area contributed by atoms with Gasteiger partial charge in [-0.3, -0.25) is 9.59 Å². The summed E-state index contributed by atoms with van der Waals surface area (Å²) in [7, 11) is 0. The smallest absolute Gasteiger partial charge is 0.317 e. The summed E-state index contributed by atoms with van der Waals surface area (Å²) in [6.07, 6.45) is 2.87. The van der Waals surface area contributed by atoms with E-state index in [2.05, 4.69) is 22.8 Å². The van der Waals surface area contributed by atoms with Crippen molar-refractivity contribution < 1.29 is 24.6 Å². The highest BCUT2D eigenvalue weighted by atomic mass is 16.3. The third-order valence-corrected chi connectivity index (χ3v) is 5.43. The van der Waals surface area contributed by atoms with E-state index >= 15 is 0 Å². The number of hydrogen-bond donors (Lipinski definition) is 4. The Morgan fingerprint density at radius 1 is 1.00 bits per heavy atom. The number of hydrogen-bond acceptors (Lipinski definition) is 4. The van der Waals surface area contributed by atoms with Crippen molar-refractivity contribution in [3.63, 3.8) is 0 Å². The monoisotopic (exact) mass is 455 g/mol. The van der Waals surface area contributed by atoms with Crippen LogP contribution in [0.1, 0.15) is 29.5 Å². The number of aliphatic hydroxyl groups is 1. The molecule has 1 unspecified atom stereocenters. The molecule has 0 bridgehead atoms. The molecule has 4 N–H and O–H groups in total. The first-order chi connectivity index (χ1) is 16.0. The third kappa shape index (κ3) is 9.74. The summed E-state index contributed by atoms with van der Waals surface area (Å²) in [6.45, 7) is 2.45. The number of amides is 3. The summed E-state index contributed by atoms with van der Waals surface area (Å²) in [5, 5.41) is 21.5. The van der Waals surface area contributed by atoms with Gasteiger partial charge in [-0.25, -0.2) is 4.79 Å². The Morgan fingerprint density at radius 3 is 2.33 bits per heavy atom. The lowest BCUT2D eigenvalue weighted by Gasteiger charge is -2.17. The van der Waals surface area contributed by atoms with Crippen LogP contribution in [-0.4, -0.2) is 59.8 Å². The van der Waals surface area contributed by atoms with Crippen LogP contribution in [0.2, 0.25) is 0 Å². The molecule has 2 aromatic carbocycles. The van der Waals surface area contributed by atoms with E-state index in [0.717, 1.165) is 37.1 Å². The minimum absolute atomic E-state index is 0.00362. The molecule has 1 atom stereocenters. The maximum Gasteiger partial charge on any atom is 0.317 e. The number of urea groups is 1. The molecule has 1 aliphatic rings. The van der Waals surface area contributed by atoms with E-state index in [1.807, 2.05) is 47.4 Å². The van der Waals surface area contributed by atoms with Crippen molar-refractivity contribution in [2.45, 2.75) is 32.2 Å². The first kappa shape index (κ1) is 25.9. The molecule has 0 aromatic heterocycles. The van der Waals surface area contributed by atoms with Crippen molar-refractivity contribution in [2.24, 2.45) is 5.92 Å². The van der Waals surface area contributed by atoms with Crippen LogP contribution in [0.4, 0.5) is 4.79 Å². The van der Waals surface area contributed by atoms with E-state index in [9.17, 15) is 9.59 Å². The average Bonchev–Trinajstić information content (AvgIpc) is 3.29. The lowest BCUT2D eigenvalue weighted by atomic mass is 9.97. The van der Waals surface area contributed by atoms with Gasteiger partial charge in [0.1, 0.15) is 0 Å². The van der Waals surface area contributed by atoms with Crippen molar-refractivity contribution in [1.82, 2.24) is 15.5 Å². The summed E-state index contributed by atoms with van der Waals surface area (Å²) >= 11 is 0. The fraction of sp³-hybridized carbons (Fsp3) is 0.400. The second-order valence-electron chi connectivity index (χ2n) is 7.97. The predicted molar refractivity (Wildman–Crippen MR) is 126 cm³/mol. The highest BCUT2D eigenvalue weighted by molar-refractivity contribution is 5.78. The van der Waals surface area contributed by atoms with Crippen LogP contribution in [0.3, 0.4) is 0 Å². The van der Waals surface area contributed by atoms with Gasteiger partial charge in [-0.2, -0.15) is 0 Å². The molecule has 3 amide bonds. The van der Waals surface area contributed by atoms with Crippen molar-refractivity contribution in [2.75, 3.05) is 26.2 Å². The Balaban J connectivity index is 0.00000122. The van der Waals surface area contributed by atoms with Gasteiger partial charge in [0, 0.05) is 32.8 Å². The molecule has 8 heteroatoms. The van der Waals surface area contributed by atoms with Crippen LogP contribution in [0.25, 0.3) is 0 Å². The summed E-state index contributed by atoms with van der Waals surface area (Å²) < 4.78 is 0. The molecule has 8 nitrogen and oxygen atoms in total. The van der Waals surface area contributed by atoms with Crippen LogP contribution in [0, 0.1) is 5.92 Å². The van der Waals surface area contributed by atoms with Gasteiger partial charge in [-0.05, 0) is 41.9 Å². The number of carbonyl (C=O) groups excluding carboxylic acids is 2. The molecule has 1 aliphatic heterocycles. The lowest BCUT2D eigenvalue weighted by Crippen LogP contribution is -2.38. The van der Waals surface area contributed by atoms with E-state index in [1.165, 1.54) is 5.56 Å². The van der Waals surface area contributed by atoms with E-state index in [1.54, 1.807) is 0 Å². The minimum atomic E-state index is -0.250. The summed E-state index contributed by atoms with van der Waals surface area (Å²) in [4.78, 5) is 34.5. The molecule has 1 heterocycles. The van der Waals surface area contributed by atoms with Crippen molar-refractivity contribution in [3.05, 3.63) is 71.3 Å². The van der Waals surface area contributed by atoms with Gasteiger partial charge in [0.15, 0.2) is 0 Å². The first-order valence-electron chi connectivity index (χ1n) is 11.2. The molecule has 0 spiro atoms. The van der Waals surface area contributed by atoms with Gasteiger partial charge in [0.05, 0.1) is 6.42 Å². The van der Waals surface area contributed by atoms with Gasteiger partial charge >= 0.3 is 6.03 Å². The number of likely N-dealkylation sites (tertiary alicyclic amines) is 1. The zero-order valence-corrected chi connectivity index (χ0v) is 18.8. The van der Waals surface area contributed by atoms with Crippen LogP contribution in [0.5, 0.6) is 0 Å². The Bertz CT molecular complexity index is 858. The second kappa shape index (κ2) is 14.6. The van der Waals surface area contributed by atoms with Gasteiger partial charge in [0.25, 0.3) is 6.47 Å². The van der Waals surface area contributed by atoms with Gasteiger partial charge in [0.2, 0.25) is 5.91 Å². The standard InChI is InChI=1S/C24H31N3O3.CH2O2/c28-14-4-12-25-23(29)16-20-9-7-19(8-10-20)15-22-11-13-27(18-22)24(30)26-17-21-5-2-1-3-6-21;2-1-3/h1-3,5-10,22,28H,4,11-18H2,(H,25,29)(H,26,30);1H,(H,2,3). The Kier molecular flexibility index (Phi) is 11.5. The van der Waals surface area contributed by atoms with E-state index < -0.39 is 0 Å². The van der Waals surface area contributed by atoms with Crippen LogP contribution in [-0.2, 0) is 29.0 Å². The average molecular weight is 456 g/mol. The number of rotatable bonds is 9. The zero-order chi connectivity index (χ0) is 23.9. The molecule has 2 aromatic rings. The molecule has 3 rings (SSSR count). The Hall–Kier alpha value is -3.39. The number of benzene rings is 2. The molecule has 1 saturated heterocycles. The minimum Gasteiger partial charge on any atom is -0.483 e. The quantitative estimate of drug-likeness (QED) is 0.341. The largest absolute Gasteiger partial charge is 0.483 e. The Labute approximate surface area is 194 Å². The van der Waals surface area contributed by atoms with Crippen LogP contribution < -0.4 is 10.6 Å². The number of nitrogens with one attached hydrogen (secondary N) is 2. The van der Waals surface area contributed by atoms with Crippen LogP contribution in [0.15, 0.2) is 54.6 Å². The van der Waals surface area contributed by atoms with E-state index in [4.69, 9.17) is 15.0 Å². The molecule has 178 valence electrons. The molecular formula is C25H33N3O5. The third-order valence-electron chi connectivity index (χ3n) is 5.43. The lowest BCUT2D eigenvalue weighted by molar-refractivity contribution is -0.123. The molecular weight excluding hydrogens is 422 g/mol. The fourth-order valence-electron chi connectivity index (χ4n) is 3.75. The highest BCUT2D eigenvalue weighted by Crippen LogP contribution is 2.21. The summed E-state index contributed by atoms with van der Waals surface area (Å²) in [5.41, 5.74) is 3.31. The van der Waals surface area contributed by atoms with Crippen LogP contribution >= 0.6 is 0 Å². The van der Waals surface area contributed by atoms with Gasteiger partial charge in [-0.1, -0.05) is 54.6 Å². The summed E-state index contributed by atoms with van der Waals surface area (Å²) in [6, 6.07) is 18.1. The number of carbonyl (C=O) groups is 3. The number of nitrogens with zero attached hydrogens (tertiary/aromatic N) is 1. The number of aliphatic hydroxyl groups excluding tert-OH is 1. The van der Waals surface area contributed by atoms with Gasteiger partial charge < -0.3 is 25.7 Å². The van der Waals surface area contributed by atoms with Crippen molar-refractivity contribution >= 4 is 18.4 Å². The second-order valence-corrected chi connectivity index (χ2v) is 7.97.